The topological polar surface area (TPSA) is 79.3 Å². The number of benzene rings is 1. The lowest BCUT2D eigenvalue weighted by molar-refractivity contribution is -0.0717. The van der Waals surface area contributed by atoms with Gasteiger partial charge in [0.15, 0.2) is 0 Å². The lowest BCUT2D eigenvalue weighted by Crippen LogP contribution is -2.53. The van der Waals surface area contributed by atoms with Gasteiger partial charge < -0.3 is 24.4 Å². The van der Waals surface area contributed by atoms with Crippen molar-refractivity contribution in [3.8, 4) is 0 Å². The van der Waals surface area contributed by atoms with Crippen LogP contribution < -0.4 is 0 Å². The lowest BCUT2D eigenvalue weighted by atomic mass is 10.0. The number of carbonyl (C=O) groups is 2. The van der Waals surface area contributed by atoms with Gasteiger partial charge in [0.2, 0.25) is 0 Å². The summed E-state index contributed by atoms with van der Waals surface area (Å²) >= 11 is 0. The fourth-order valence-electron chi connectivity index (χ4n) is 3.14. The Labute approximate surface area is 151 Å². The SMILES string of the molecule is O=C(O)N1CC[C@H](OCC2CN(C(=O)OCc3ccccc3)C2)[C@@H](F)C1. The highest BCUT2D eigenvalue weighted by Crippen LogP contribution is 2.22. The summed E-state index contributed by atoms with van der Waals surface area (Å²) in [6.07, 6.45) is -3.00. The molecule has 0 aromatic heterocycles. The van der Waals surface area contributed by atoms with Crippen LogP contribution in [0.4, 0.5) is 14.0 Å². The predicted octanol–water partition coefficient (Wildman–Crippen LogP) is 2.36. The van der Waals surface area contributed by atoms with Gasteiger partial charge in [0.1, 0.15) is 12.8 Å². The molecular formula is C18H23FN2O5. The third kappa shape index (κ3) is 4.63. The first-order valence-electron chi connectivity index (χ1n) is 8.72. The Balaban J connectivity index is 1.32. The number of rotatable bonds is 5. The number of amides is 2. The van der Waals surface area contributed by atoms with E-state index in [0.717, 1.165) is 10.5 Å². The van der Waals surface area contributed by atoms with Crippen molar-refractivity contribution in [2.75, 3.05) is 32.8 Å². The van der Waals surface area contributed by atoms with E-state index in [1.165, 1.54) is 0 Å². The number of carboxylic acid groups (broad SMARTS) is 1. The van der Waals surface area contributed by atoms with Gasteiger partial charge in [-0.3, -0.25) is 0 Å². The molecule has 2 heterocycles. The number of halogens is 1. The predicted molar refractivity (Wildman–Crippen MR) is 90.5 cm³/mol. The number of hydrogen-bond donors (Lipinski definition) is 1. The molecule has 1 N–H and O–H groups in total. The normalized spacial score (nSPS) is 23.4. The third-order valence-corrected chi connectivity index (χ3v) is 4.72. The van der Waals surface area contributed by atoms with Crippen molar-refractivity contribution in [3.05, 3.63) is 35.9 Å². The molecule has 0 spiro atoms. The second kappa shape index (κ2) is 8.35. The molecule has 142 valence electrons. The first-order chi connectivity index (χ1) is 12.5. The molecule has 2 aliphatic rings. The van der Waals surface area contributed by atoms with Crippen LogP contribution in [0, 0.1) is 5.92 Å². The summed E-state index contributed by atoms with van der Waals surface area (Å²) in [6.45, 7) is 1.78. The van der Waals surface area contributed by atoms with Crippen molar-refractivity contribution in [1.82, 2.24) is 9.80 Å². The Hall–Kier alpha value is -2.35. The zero-order valence-corrected chi connectivity index (χ0v) is 14.4. The van der Waals surface area contributed by atoms with Crippen molar-refractivity contribution >= 4 is 12.2 Å². The van der Waals surface area contributed by atoms with Crippen LogP contribution in [-0.4, -0.2) is 72.2 Å². The maximum absolute atomic E-state index is 14.0. The van der Waals surface area contributed by atoms with E-state index in [4.69, 9.17) is 14.6 Å². The highest BCUT2D eigenvalue weighted by atomic mass is 19.1. The van der Waals surface area contributed by atoms with Crippen molar-refractivity contribution in [2.24, 2.45) is 5.92 Å². The highest BCUT2D eigenvalue weighted by Gasteiger charge is 2.36. The minimum absolute atomic E-state index is 0.150. The van der Waals surface area contributed by atoms with E-state index < -0.39 is 18.4 Å². The molecule has 26 heavy (non-hydrogen) atoms. The van der Waals surface area contributed by atoms with E-state index >= 15 is 0 Å². The smallest absolute Gasteiger partial charge is 0.410 e. The van der Waals surface area contributed by atoms with Gasteiger partial charge in [-0.1, -0.05) is 30.3 Å². The number of hydrogen-bond acceptors (Lipinski definition) is 4. The van der Waals surface area contributed by atoms with Crippen LogP contribution in [0.2, 0.25) is 0 Å². The summed E-state index contributed by atoms with van der Waals surface area (Å²) in [4.78, 5) is 25.4. The Kier molecular flexibility index (Phi) is 5.92. The summed E-state index contributed by atoms with van der Waals surface area (Å²) in [5.41, 5.74) is 0.933. The fourth-order valence-corrected chi connectivity index (χ4v) is 3.14. The van der Waals surface area contributed by atoms with Crippen LogP contribution in [0.25, 0.3) is 0 Å². The zero-order valence-electron chi connectivity index (χ0n) is 14.4. The molecule has 0 aliphatic carbocycles. The maximum atomic E-state index is 14.0. The molecule has 8 heteroatoms. The molecule has 0 saturated carbocycles. The summed E-state index contributed by atoms with van der Waals surface area (Å²) < 4.78 is 24.8. The first kappa shape index (κ1) is 18.4. The van der Waals surface area contributed by atoms with Gasteiger partial charge in [-0.15, -0.1) is 0 Å². The number of alkyl halides is 1. The fraction of sp³-hybridized carbons (Fsp3) is 0.556. The Morgan fingerprint density at radius 1 is 1.15 bits per heavy atom. The Morgan fingerprint density at radius 2 is 1.88 bits per heavy atom. The number of carbonyl (C=O) groups excluding carboxylic acids is 1. The molecule has 0 unspecified atom stereocenters. The summed E-state index contributed by atoms with van der Waals surface area (Å²) in [5.74, 6) is 0.156. The van der Waals surface area contributed by atoms with Gasteiger partial charge in [-0.05, 0) is 12.0 Å². The van der Waals surface area contributed by atoms with Crippen LogP contribution in [0.3, 0.4) is 0 Å². The van der Waals surface area contributed by atoms with Gasteiger partial charge in [0.05, 0.1) is 19.3 Å². The molecular weight excluding hydrogens is 343 g/mol. The number of ether oxygens (including phenoxy) is 2. The molecule has 7 nitrogen and oxygen atoms in total. The quantitative estimate of drug-likeness (QED) is 0.865. The molecule has 2 amide bonds. The molecule has 1 aromatic rings. The average Bonchev–Trinajstić information content (AvgIpc) is 2.60. The number of nitrogens with zero attached hydrogens (tertiary/aromatic N) is 2. The number of piperidine rings is 1. The Morgan fingerprint density at radius 3 is 2.54 bits per heavy atom. The zero-order chi connectivity index (χ0) is 18.5. The molecule has 0 bridgehead atoms. The van der Waals surface area contributed by atoms with Crippen LogP contribution in [-0.2, 0) is 16.1 Å². The molecule has 2 saturated heterocycles. The van der Waals surface area contributed by atoms with E-state index in [1.54, 1.807) is 4.90 Å². The summed E-state index contributed by atoms with van der Waals surface area (Å²) in [5, 5.41) is 8.87. The van der Waals surface area contributed by atoms with Gasteiger partial charge in [0, 0.05) is 25.6 Å². The van der Waals surface area contributed by atoms with Crippen molar-refractivity contribution in [1.29, 1.82) is 0 Å². The van der Waals surface area contributed by atoms with E-state index in [0.29, 0.717) is 26.1 Å². The first-order valence-corrected chi connectivity index (χ1v) is 8.72. The monoisotopic (exact) mass is 366 g/mol. The molecule has 3 rings (SSSR count). The van der Waals surface area contributed by atoms with E-state index in [1.807, 2.05) is 30.3 Å². The van der Waals surface area contributed by atoms with Gasteiger partial charge in [0.25, 0.3) is 0 Å². The molecule has 0 radical (unpaired) electrons. The van der Waals surface area contributed by atoms with E-state index in [2.05, 4.69) is 0 Å². The lowest BCUT2D eigenvalue weighted by Gasteiger charge is -2.40. The van der Waals surface area contributed by atoms with Crippen LogP contribution in [0.15, 0.2) is 30.3 Å². The average molecular weight is 366 g/mol. The Bertz CT molecular complexity index is 623. The van der Waals surface area contributed by atoms with E-state index in [9.17, 15) is 14.0 Å². The molecule has 2 atom stereocenters. The van der Waals surface area contributed by atoms with Crippen LogP contribution in [0.1, 0.15) is 12.0 Å². The van der Waals surface area contributed by atoms with E-state index in [-0.39, 0.29) is 31.7 Å². The van der Waals surface area contributed by atoms with Gasteiger partial charge >= 0.3 is 12.2 Å². The minimum atomic E-state index is -1.31. The van der Waals surface area contributed by atoms with Crippen molar-refractivity contribution < 1.29 is 28.6 Å². The number of likely N-dealkylation sites (tertiary alicyclic amines) is 2. The standard InChI is InChI=1S/C18H23FN2O5/c19-15-10-20(17(22)23)7-6-16(15)25-12-14-8-21(9-14)18(24)26-11-13-4-2-1-3-5-13/h1-5,14-16H,6-12H2,(H,22,23)/t15-,16-/m0/s1. The van der Waals surface area contributed by atoms with Gasteiger partial charge in [-0.2, -0.15) is 0 Å². The summed E-state index contributed by atoms with van der Waals surface area (Å²) in [7, 11) is 0. The second-order valence-electron chi connectivity index (χ2n) is 6.72. The second-order valence-corrected chi connectivity index (χ2v) is 6.72. The van der Waals surface area contributed by atoms with Crippen LogP contribution >= 0.6 is 0 Å². The van der Waals surface area contributed by atoms with Crippen molar-refractivity contribution in [3.63, 3.8) is 0 Å². The third-order valence-electron chi connectivity index (χ3n) is 4.72. The maximum Gasteiger partial charge on any atom is 0.410 e. The van der Waals surface area contributed by atoms with Crippen molar-refractivity contribution in [2.45, 2.75) is 25.3 Å². The highest BCUT2D eigenvalue weighted by molar-refractivity contribution is 5.68. The minimum Gasteiger partial charge on any atom is -0.465 e. The summed E-state index contributed by atoms with van der Waals surface area (Å²) in [6, 6.07) is 9.46. The molecule has 1 aromatic carbocycles. The van der Waals surface area contributed by atoms with Gasteiger partial charge in [-0.25, -0.2) is 14.0 Å². The molecule has 2 fully saturated rings. The largest absolute Gasteiger partial charge is 0.465 e. The van der Waals surface area contributed by atoms with Crippen LogP contribution in [0.5, 0.6) is 0 Å². The molecule has 2 aliphatic heterocycles.